The first-order chi connectivity index (χ1) is 23.8. The molecule has 10 rings (SSSR count). The Hall–Kier alpha value is -5.75. The van der Waals surface area contributed by atoms with E-state index in [1.165, 1.54) is 45.7 Å². The van der Waals surface area contributed by atoms with Gasteiger partial charge in [-0.25, -0.2) is 15.0 Å². The molecule has 0 N–H and O–H groups in total. The molecule has 6 aromatic carbocycles. The van der Waals surface area contributed by atoms with E-state index in [1.807, 2.05) is 17.4 Å². The van der Waals surface area contributed by atoms with Crippen molar-refractivity contribution < 1.29 is 0 Å². The van der Waals surface area contributed by atoms with Gasteiger partial charge in [0.25, 0.3) is 0 Å². The molecule has 0 saturated carbocycles. The van der Waals surface area contributed by atoms with E-state index in [4.69, 9.17) is 15.0 Å². The number of pyridine rings is 1. The molecule has 3 nitrogen and oxygen atoms in total. The summed E-state index contributed by atoms with van der Waals surface area (Å²) in [6, 6.07) is 53.4. The van der Waals surface area contributed by atoms with Crippen LogP contribution >= 0.6 is 22.7 Å². The van der Waals surface area contributed by atoms with Crippen LogP contribution < -0.4 is 0 Å². The first-order valence-corrected chi connectivity index (χ1v) is 17.6. The van der Waals surface area contributed by atoms with Crippen LogP contribution in [0.25, 0.3) is 96.4 Å². The lowest BCUT2D eigenvalue weighted by atomic mass is 10.00. The van der Waals surface area contributed by atoms with Gasteiger partial charge in [-0.15, -0.1) is 22.7 Å². The van der Waals surface area contributed by atoms with E-state index in [-0.39, 0.29) is 0 Å². The summed E-state index contributed by atoms with van der Waals surface area (Å²) in [6.45, 7) is 0. The van der Waals surface area contributed by atoms with E-state index in [1.54, 1.807) is 11.3 Å². The highest BCUT2D eigenvalue weighted by Crippen LogP contribution is 2.43. The molecule has 10 aromatic rings. The molecule has 0 spiro atoms. The fraction of sp³-hybridized carbons (Fsp3) is 0. The average Bonchev–Trinajstić information content (AvgIpc) is 3.74. The molecule has 0 saturated heterocycles. The predicted octanol–water partition coefficient (Wildman–Crippen LogP) is 12.4. The number of nitrogens with zero attached hydrogens (tertiary/aromatic N) is 3. The Labute approximate surface area is 284 Å². The minimum absolute atomic E-state index is 0.732. The lowest BCUT2D eigenvalue weighted by molar-refractivity contribution is 1.19. The monoisotopic (exact) mass is 647 g/mol. The summed E-state index contributed by atoms with van der Waals surface area (Å²) < 4.78 is 5.03. The summed E-state index contributed by atoms with van der Waals surface area (Å²) in [5, 5.41) is 6.17. The number of hydrogen-bond donors (Lipinski definition) is 0. The largest absolute Gasteiger partial charge is 0.247 e. The minimum Gasteiger partial charge on any atom is -0.247 e. The standard InChI is InChI=1S/C43H25N3S2/c1-2-11-26(12-3-1)35-25-36(46-43(45-35)33-17-10-16-30-29-13-5-8-19-37(29)47-41(30)33)27-21-23-28(24-22-27)40-39-32-15-6-9-20-38(32)48-42(39)31-14-4-7-18-34(31)44-40/h1-25H. The third kappa shape index (κ3) is 4.36. The number of thiophene rings is 2. The highest BCUT2D eigenvalue weighted by Gasteiger charge is 2.18. The number of aromatic nitrogens is 3. The minimum atomic E-state index is 0.732. The molecule has 0 aliphatic rings. The van der Waals surface area contributed by atoms with Crippen molar-refractivity contribution in [2.24, 2.45) is 0 Å². The summed E-state index contributed by atoms with van der Waals surface area (Å²) in [5.74, 6) is 0.732. The van der Waals surface area contributed by atoms with Gasteiger partial charge < -0.3 is 0 Å². The summed E-state index contributed by atoms with van der Waals surface area (Å²) in [4.78, 5) is 15.6. The number of para-hydroxylation sites is 1. The van der Waals surface area contributed by atoms with E-state index >= 15 is 0 Å². The molecular weight excluding hydrogens is 623 g/mol. The molecule has 0 aliphatic carbocycles. The molecule has 4 heterocycles. The molecule has 0 fully saturated rings. The first-order valence-electron chi connectivity index (χ1n) is 15.9. The van der Waals surface area contributed by atoms with Gasteiger partial charge in [0.05, 0.1) is 22.6 Å². The zero-order valence-electron chi connectivity index (χ0n) is 25.6. The molecule has 0 atom stereocenters. The fourth-order valence-electron chi connectivity index (χ4n) is 6.81. The normalized spacial score (nSPS) is 11.8. The van der Waals surface area contributed by atoms with Crippen molar-refractivity contribution >= 4 is 73.9 Å². The summed E-state index contributed by atoms with van der Waals surface area (Å²) >= 11 is 3.65. The van der Waals surface area contributed by atoms with Crippen molar-refractivity contribution in [1.82, 2.24) is 15.0 Å². The van der Waals surface area contributed by atoms with Crippen LogP contribution in [0.15, 0.2) is 152 Å². The molecule has 0 amide bonds. The second kappa shape index (κ2) is 10.9. The second-order valence-corrected chi connectivity index (χ2v) is 14.1. The number of fused-ring (bicyclic) bond motifs is 8. The van der Waals surface area contributed by atoms with Crippen molar-refractivity contribution in [2.75, 3.05) is 0 Å². The predicted molar refractivity (Wildman–Crippen MR) is 205 cm³/mol. The van der Waals surface area contributed by atoms with Crippen molar-refractivity contribution in [3.8, 4) is 45.2 Å². The van der Waals surface area contributed by atoms with Crippen LogP contribution in [-0.2, 0) is 0 Å². The molecule has 0 bridgehead atoms. The third-order valence-electron chi connectivity index (χ3n) is 9.11. The van der Waals surface area contributed by atoms with E-state index in [0.29, 0.717) is 0 Å². The topological polar surface area (TPSA) is 38.7 Å². The summed E-state index contributed by atoms with van der Waals surface area (Å²) in [5.41, 5.74) is 8.06. The first kappa shape index (κ1) is 27.4. The lowest BCUT2D eigenvalue weighted by Crippen LogP contribution is -1.96. The van der Waals surface area contributed by atoms with Crippen LogP contribution in [0.2, 0.25) is 0 Å². The van der Waals surface area contributed by atoms with Crippen molar-refractivity contribution in [3.05, 3.63) is 152 Å². The maximum absolute atomic E-state index is 5.24. The maximum Gasteiger partial charge on any atom is 0.161 e. The van der Waals surface area contributed by atoms with Crippen LogP contribution in [0.3, 0.4) is 0 Å². The lowest BCUT2D eigenvalue weighted by Gasteiger charge is -2.11. The Morgan fingerprint density at radius 3 is 1.77 bits per heavy atom. The van der Waals surface area contributed by atoms with Crippen LogP contribution in [0.1, 0.15) is 0 Å². The van der Waals surface area contributed by atoms with E-state index in [0.717, 1.165) is 50.7 Å². The number of rotatable bonds is 4. The molecule has 4 aromatic heterocycles. The van der Waals surface area contributed by atoms with Gasteiger partial charge in [0.2, 0.25) is 0 Å². The van der Waals surface area contributed by atoms with Gasteiger partial charge in [-0.1, -0.05) is 121 Å². The molecule has 0 radical (unpaired) electrons. The molecule has 0 unspecified atom stereocenters. The van der Waals surface area contributed by atoms with Gasteiger partial charge in [-0.3, -0.25) is 0 Å². The Morgan fingerprint density at radius 1 is 0.396 bits per heavy atom. The van der Waals surface area contributed by atoms with Crippen LogP contribution in [-0.4, -0.2) is 15.0 Å². The van der Waals surface area contributed by atoms with Gasteiger partial charge in [0, 0.05) is 68.0 Å². The van der Waals surface area contributed by atoms with Gasteiger partial charge >= 0.3 is 0 Å². The number of hydrogen-bond acceptors (Lipinski definition) is 5. The van der Waals surface area contributed by atoms with Crippen LogP contribution in [0.4, 0.5) is 0 Å². The maximum atomic E-state index is 5.24. The van der Waals surface area contributed by atoms with Crippen LogP contribution in [0, 0.1) is 0 Å². The second-order valence-electron chi connectivity index (χ2n) is 12.0. The number of benzene rings is 6. The Balaban J connectivity index is 1.15. The Kier molecular flexibility index (Phi) is 6.22. The van der Waals surface area contributed by atoms with Crippen molar-refractivity contribution in [2.45, 2.75) is 0 Å². The Bertz CT molecular complexity index is 2830. The van der Waals surface area contributed by atoms with Crippen molar-refractivity contribution in [1.29, 1.82) is 0 Å². The SMILES string of the molecule is c1ccc(-c2cc(-c3ccc(-c4nc5ccccc5c5sc6ccccc6c45)cc3)nc(-c3cccc4c3sc3ccccc34)n2)cc1. The molecule has 0 aliphatic heterocycles. The van der Waals surface area contributed by atoms with Crippen LogP contribution in [0.5, 0.6) is 0 Å². The quantitative estimate of drug-likeness (QED) is 0.191. The summed E-state index contributed by atoms with van der Waals surface area (Å²) in [7, 11) is 0. The zero-order chi connectivity index (χ0) is 31.6. The smallest absolute Gasteiger partial charge is 0.161 e. The fourth-order valence-corrected chi connectivity index (χ4v) is 9.26. The highest BCUT2D eigenvalue weighted by atomic mass is 32.1. The molecule has 5 heteroatoms. The third-order valence-corrected chi connectivity index (χ3v) is 11.5. The van der Waals surface area contributed by atoms with Gasteiger partial charge in [-0.2, -0.15) is 0 Å². The van der Waals surface area contributed by atoms with E-state index in [2.05, 4.69) is 146 Å². The molecular formula is C43H25N3S2. The summed E-state index contributed by atoms with van der Waals surface area (Å²) in [6.07, 6.45) is 0. The van der Waals surface area contributed by atoms with Gasteiger partial charge in [0.15, 0.2) is 5.82 Å². The molecule has 224 valence electrons. The van der Waals surface area contributed by atoms with E-state index in [9.17, 15) is 0 Å². The van der Waals surface area contributed by atoms with E-state index < -0.39 is 0 Å². The van der Waals surface area contributed by atoms with Gasteiger partial charge in [0.1, 0.15) is 0 Å². The zero-order valence-corrected chi connectivity index (χ0v) is 27.2. The van der Waals surface area contributed by atoms with Gasteiger partial charge in [-0.05, 0) is 30.3 Å². The average molecular weight is 648 g/mol. The Morgan fingerprint density at radius 2 is 0.979 bits per heavy atom. The van der Waals surface area contributed by atoms with Crippen molar-refractivity contribution in [3.63, 3.8) is 0 Å². The molecule has 48 heavy (non-hydrogen) atoms. The highest BCUT2D eigenvalue weighted by molar-refractivity contribution is 7.27.